The molecule has 2 aliphatic carbocycles. The summed E-state index contributed by atoms with van der Waals surface area (Å²) in [7, 11) is 0. The zero-order valence-corrected chi connectivity index (χ0v) is 35.1. The van der Waals surface area contributed by atoms with Crippen molar-refractivity contribution in [1.29, 1.82) is 0 Å². The molecule has 10 aromatic rings. The van der Waals surface area contributed by atoms with Gasteiger partial charge in [0.1, 0.15) is 0 Å². The lowest BCUT2D eigenvalue weighted by Crippen LogP contribution is -2.27. The lowest BCUT2D eigenvalue weighted by atomic mass is 9.72. The fourth-order valence-electron chi connectivity index (χ4n) is 11.1. The van der Waals surface area contributed by atoms with Gasteiger partial charge in [-0.3, -0.25) is 0 Å². The number of para-hydroxylation sites is 3. The molecule has 0 radical (unpaired) electrons. The van der Waals surface area contributed by atoms with Gasteiger partial charge in [-0.15, -0.1) is 0 Å². The first-order valence-electron chi connectivity index (χ1n) is 22.4. The molecule has 0 saturated carbocycles. The molecule has 0 amide bonds. The van der Waals surface area contributed by atoms with Crippen LogP contribution >= 0.6 is 0 Å². The molecule has 1 N–H and O–H groups in total. The van der Waals surface area contributed by atoms with E-state index in [1.165, 1.54) is 83.1 Å². The van der Waals surface area contributed by atoms with Crippen molar-refractivity contribution in [2.75, 3.05) is 10.2 Å². The second kappa shape index (κ2) is 14.8. The molecule has 2 heterocycles. The van der Waals surface area contributed by atoms with Crippen LogP contribution in [0.3, 0.4) is 0 Å². The fourth-order valence-corrected chi connectivity index (χ4v) is 11.1. The van der Waals surface area contributed by atoms with Gasteiger partial charge in [0.05, 0.1) is 17.1 Å². The molecule has 3 aliphatic rings. The molecule has 3 nitrogen and oxygen atoms in total. The van der Waals surface area contributed by atoms with Gasteiger partial charge in [-0.25, -0.2) is 0 Å². The molecule has 0 spiro atoms. The topological polar surface area (TPSA) is 20.2 Å². The van der Waals surface area contributed by atoms with E-state index in [2.05, 4.69) is 251 Å². The maximum absolute atomic E-state index is 3.95. The summed E-state index contributed by atoms with van der Waals surface area (Å²) in [5.74, 6) is 0.692. The molecule has 0 fully saturated rings. The second-order valence-electron chi connectivity index (χ2n) is 17.3. The highest BCUT2D eigenvalue weighted by Crippen LogP contribution is 2.60. The van der Waals surface area contributed by atoms with Crippen LogP contribution in [0, 0.1) is 5.92 Å². The smallest absolute Gasteiger partial charge is 0.0594 e. The van der Waals surface area contributed by atoms with Crippen molar-refractivity contribution < 1.29 is 0 Å². The number of allylic oxidation sites excluding steroid dienone is 3. The number of nitrogens with zero attached hydrogens (tertiary/aromatic N) is 2. The number of rotatable bonds is 7. The van der Waals surface area contributed by atoms with Gasteiger partial charge in [0.25, 0.3) is 0 Å². The van der Waals surface area contributed by atoms with Crippen molar-refractivity contribution in [3.05, 3.63) is 259 Å². The van der Waals surface area contributed by atoms with Crippen LogP contribution in [0.15, 0.2) is 237 Å². The minimum absolute atomic E-state index is 0.247. The van der Waals surface area contributed by atoms with Crippen LogP contribution in [-0.2, 0) is 0 Å². The molecule has 13 rings (SSSR count). The first-order valence-corrected chi connectivity index (χ1v) is 22.4. The van der Waals surface area contributed by atoms with Crippen molar-refractivity contribution in [3.63, 3.8) is 0 Å². The first-order chi connectivity index (χ1) is 31.8. The Labute approximate surface area is 373 Å². The largest absolute Gasteiger partial charge is 0.377 e. The summed E-state index contributed by atoms with van der Waals surface area (Å²) in [6.45, 7) is 0. The lowest BCUT2D eigenvalue weighted by Gasteiger charge is -2.38. The first kappa shape index (κ1) is 36.5. The Morgan fingerprint density at radius 3 is 1.73 bits per heavy atom. The third-order valence-electron chi connectivity index (χ3n) is 13.9. The van der Waals surface area contributed by atoms with E-state index in [1.807, 2.05) is 0 Å². The van der Waals surface area contributed by atoms with Crippen LogP contribution in [0.4, 0.5) is 22.7 Å². The fraction of sp³-hybridized carbons (Fsp3) is 0.0492. The third kappa shape index (κ3) is 5.74. The predicted octanol–water partition coefficient (Wildman–Crippen LogP) is 15.9. The number of anilines is 4. The average Bonchev–Trinajstić information content (AvgIpc) is 3.88. The van der Waals surface area contributed by atoms with Crippen molar-refractivity contribution in [2.45, 2.75) is 12.0 Å². The van der Waals surface area contributed by atoms with E-state index in [0.29, 0.717) is 11.8 Å². The van der Waals surface area contributed by atoms with Gasteiger partial charge in [0.2, 0.25) is 0 Å². The Balaban J connectivity index is 0.913. The SMILES string of the molecule is C1=CC2c3ccccc3C3Nc4ccccc4C(=C1c1ccc(N(c4ccc(-c5ccccc5)cc4)c4ccc(-c5cccc6c5c5ccccc5n6-c5ccccc5)cc4)cc1)C23. The van der Waals surface area contributed by atoms with Gasteiger partial charge >= 0.3 is 0 Å². The highest BCUT2D eigenvalue weighted by Gasteiger charge is 2.47. The van der Waals surface area contributed by atoms with Crippen molar-refractivity contribution >= 4 is 55.7 Å². The molecule has 3 heteroatoms. The summed E-state index contributed by atoms with van der Waals surface area (Å²) < 4.78 is 2.39. The monoisotopic (exact) mass is 817 g/mol. The van der Waals surface area contributed by atoms with Crippen LogP contribution in [0.1, 0.15) is 34.2 Å². The van der Waals surface area contributed by atoms with Gasteiger partial charge in [-0.05, 0) is 117 Å². The zero-order valence-electron chi connectivity index (χ0n) is 35.1. The van der Waals surface area contributed by atoms with Gasteiger partial charge < -0.3 is 14.8 Å². The summed E-state index contributed by atoms with van der Waals surface area (Å²) >= 11 is 0. The molecule has 0 bridgehead atoms. The molecule has 9 aromatic carbocycles. The van der Waals surface area contributed by atoms with Crippen molar-refractivity contribution in [3.8, 4) is 27.9 Å². The molecular weight excluding hydrogens is 775 g/mol. The molecular formula is C61H43N3. The molecule has 1 aliphatic heterocycles. The molecule has 0 saturated heterocycles. The van der Waals surface area contributed by atoms with Crippen LogP contribution in [0.5, 0.6) is 0 Å². The minimum Gasteiger partial charge on any atom is -0.377 e. The van der Waals surface area contributed by atoms with Gasteiger partial charge in [0.15, 0.2) is 0 Å². The number of hydrogen-bond acceptors (Lipinski definition) is 2. The van der Waals surface area contributed by atoms with Crippen molar-refractivity contribution in [2.24, 2.45) is 5.92 Å². The zero-order chi connectivity index (χ0) is 42.1. The van der Waals surface area contributed by atoms with Crippen molar-refractivity contribution in [1.82, 2.24) is 4.57 Å². The Hall–Kier alpha value is -8.14. The summed E-state index contributed by atoms with van der Waals surface area (Å²) in [6, 6.07) is 82.3. The predicted molar refractivity (Wildman–Crippen MR) is 268 cm³/mol. The van der Waals surface area contributed by atoms with E-state index in [4.69, 9.17) is 0 Å². The van der Waals surface area contributed by atoms with Gasteiger partial charge in [-0.2, -0.15) is 0 Å². The number of nitrogens with one attached hydrogen (secondary N) is 1. The maximum Gasteiger partial charge on any atom is 0.0594 e. The van der Waals surface area contributed by atoms with E-state index in [0.717, 1.165) is 22.7 Å². The van der Waals surface area contributed by atoms with Crippen LogP contribution in [-0.4, -0.2) is 4.57 Å². The summed E-state index contributed by atoms with van der Waals surface area (Å²) in [6.07, 6.45) is 4.84. The second-order valence-corrected chi connectivity index (χ2v) is 17.3. The lowest BCUT2D eigenvalue weighted by molar-refractivity contribution is 0.562. The Morgan fingerprint density at radius 1 is 0.422 bits per heavy atom. The quantitative estimate of drug-likeness (QED) is 0.173. The molecule has 1 aromatic heterocycles. The van der Waals surface area contributed by atoms with Crippen LogP contribution in [0.25, 0.3) is 60.9 Å². The Kier molecular flexibility index (Phi) is 8.42. The molecule has 64 heavy (non-hydrogen) atoms. The molecule has 302 valence electrons. The normalized spacial score (nSPS) is 16.9. The highest BCUT2D eigenvalue weighted by molar-refractivity contribution is 6.16. The van der Waals surface area contributed by atoms with Crippen LogP contribution in [0.2, 0.25) is 0 Å². The Morgan fingerprint density at radius 2 is 0.984 bits per heavy atom. The molecule has 3 atom stereocenters. The summed E-state index contributed by atoms with van der Waals surface area (Å²) in [4.78, 5) is 2.39. The molecule has 3 unspecified atom stereocenters. The number of aromatic nitrogens is 1. The van der Waals surface area contributed by atoms with Crippen LogP contribution < -0.4 is 10.2 Å². The van der Waals surface area contributed by atoms with E-state index in [9.17, 15) is 0 Å². The standard InChI is InChI=1S/C61H43N3/c1-3-14-40(15-4-1)41-26-32-45(33-27-41)63(46-34-28-42(29-35-46)48-22-13-25-57-58(48)54-21-10-12-24-56(54)64(57)44-16-5-2-6-17-44)47-36-30-43(31-37-47)49-38-39-51-50-18-7-8-19-52(50)61-60(51)59(49)53-20-9-11-23-55(53)62-61/h1-39,51,60-62H. The average molecular weight is 818 g/mol. The number of fused-ring (bicyclic) bond motifs is 8. The highest BCUT2D eigenvalue weighted by atomic mass is 15.1. The van der Waals surface area contributed by atoms with Gasteiger partial charge in [-0.1, -0.05) is 170 Å². The summed E-state index contributed by atoms with van der Waals surface area (Å²) in [5.41, 5.74) is 21.1. The number of hydrogen-bond donors (Lipinski definition) is 1. The van der Waals surface area contributed by atoms with E-state index >= 15 is 0 Å². The van der Waals surface area contributed by atoms with Gasteiger partial charge in [0, 0.05) is 56.6 Å². The van der Waals surface area contributed by atoms with E-state index in [1.54, 1.807) is 0 Å². The van der Waals surface area contributed by atoms with E-state index in [-0.39, 0.29) is 6.04 Å². The van der Waals surface area contributed by atoms with E-state index < -0.39 is 0 Å². The summed E-state index contributed by atoms with van der Waals surface area (Å²) in [5, 5.41) is 6.47. The Bertz CT molecular complexity index is 3450. The third-order valence-corrected chi connectivity index (χ3v) is 13.9. The minimum atomic E-state index is 0.247. The maximum atomic E-state index is 3.95. The number of benzene rings is 9.